The van der Waals surface area contributed by atoms with Gasteiger partial charge in [-0.15, -0.1) is 11.3 Å². The second-order valence-corrected chi connectivity index (χ2v) is 6.33. The van der Waals surface area contributed by atoms with Gasteiger partial charge in [-0.3, -0.25) is 4.79 Å². The first-order chi connectivity index (χ1) is 10.2. The number of nitrogens with one attached hydrogen (secondary N) is 2. The number of thiophene rings is 1. The number of halogens is 1. The number of anilines is 1. The highest BCUT2D eigenvalue weighted by molar-refractivity contribution is 7.19. The second-order valence-electron chi connectivity index (χ2n) is 4.87. The van der Waals surface area contributed by atoms with Crippen LogP contribution in [-0.4, -0.2) is 5.91 Å². The minimum absolute atomic E-state index is 0.0807. The molecule has 0 saturated carbocycles. The van der Waals surface area contributed by atoms with E-state index in [2.05, 4.69) is 10.6 Å². The molecule has 0 bridgehead atoms. The molecule has 2 N–H and O–H groups in total. The Labute approximate surface area is 130 Å². The van der Waals surface area contributed by atoms with Gasteiger partial charge < -0.3 is 10.6 Å². The van der Waals surface area contributed by atoms with Crippen LogP contribution in [0.3, 0.4) is 0 Å². The third kappa shape index (κ3) is 1.99. The molecule has 0 spiro atoms. The predicted molar refractivity (Wildman–Crippen MR) is 87.1 cm³/mol. The third-order valence-electron chi connectivity index (χ3n) is 3.57. The highest BCUT2D eigenvalue weighted by Crippen LogP contribution is 2.40. The maximum Gasteiger partial charge on any atom is 0.255 e. The van der Waals surface area contributed by atoms with Crippen molar-refractivity contribution in [1.29, 1.82) is 0 Å². The molecule has 1 aromatic heterocycles. The van der Waals surface area contributed by atoms with Crippen molar-refractivity contribution in [2.24, 2.45) is 0 Å². The molecule has 104 valence electrons. The number of hydrogen-bond acceptors (Lipinski definition) is 3. The van der Waals surface area contributed by atoms with Gasteiger partial charge in [-0.1, -0.05) is 41.9 Å². The van der Waals surface area contributed by atoms with E-state index in [1.54, 1.807) is 17.4 Å². The van der Waals surface area contributed by atoms with Crippen molar-refractivity contribution in [3.63, 3.8) is 0 Å². The second kappa shape index (κ2) is 4.76. The van der Waals surface area contributed by atoms with Gasteiger partial charge in [-0.25, -0.2) is 0 Å². The van der Waals surface area contributed by atoms with Gasteiger partial charge in [0, 0.05) is 15.8 Å². The van der Waals surface area contributed by atoms with Gasteiger partial charge in [0.1, 0.15) is 6.17 Å². The molecule has 1 unspecified atom stereocenters. The van der Waals surface area contributed by atoms with E-state index in [1.165, 1.54) is 0 Å². The van der Waals surface area contributed by atoms with Gasteiger partial charge in [0.05, 0.1) is 15.5 Å². The average Bonchev–Trinajstić information content (AvgIpc) is 2.85. The number of carbonyl (C=O) groups is 1. The summed E-state index contributed by atoms with van der Waals surface area (Å²) in [7, 11) is 0. The van der Waals surface area contributed by atoms with Crippen LogP contribution in [0.25, 0.3) is 10.1 Å². The molecule has 0 radical (unpaired) electrons. The lowest BCUT2D eigenvalue weighted by molar-refractivity contribution is 0.0936. The first-order valence-corrected chi connectivity index (χ1v) is 7.77. The standard InChI is InChI=1S/C16H11ClN2OS/c17-13-10-6-2-4-8-12(10)21-14(13)15-18-11-7-3-1-5-9(11)16(20)19-15/h1-8,15,18H,(H,19,20). The Hall–Kier alpha value is -2.04. The molecule has 5 heteroatoms. The minimum atomic E-state index is -0.294. The molecule has 2 aromatic carbocycles. The summed E-state index contributed by atoms with van der Waals surface area (Å²) < 4.78 is 1.12. The van der Waals surface area contributed by atoms with Crippen LogP contribution in [0.15, 0.2) is 48.5 Å². The summed E-state index contributed by atoms with van der Waals surface area (Å²) in [6.45, 7) is 0. The Morgan fingerprint density at radius 3 is 2.62 bits per heavy atom. The fourth-order valence-corrected chi connectivity index (χ4v) is 4.10. The summed E-state index contributed by atoms with van der Waals surface area (Å²) in [6.07, 6.45) is -0.294. The summed E-state index contributed by atoms with van der Waals surface area (Å²) in [5.74, 6) is -0.0807. The average molecular weight is 315 g/mol. The van der Waals surface area contributed by atoms with Gasteiger partial charge in [0.25, 0.3) is 5.91 Å². The Bertz CT molecular complexity index is 858. The number of hydrogen-bond donors (Lipinski definition) is 2. The molecular formula is C16H11ClN2OS. The molecule has 2 heterocycles. The number of rotatable bonds is 1. The van der Waals surface area contributed by atoms with Gasteiger partial charge in [-0.2, -0.15) is 0 Å². The minimum Gasteiger partial charge on any atom is -0.360 e. The smallest absolute Gasteiger partial charge is 0.255 e. The Balaban J connectivity index is 1.80. The van der Waals surface area contributed by atoms with E-state index in [0.29, 0.717) is 10.6 Å². The zero-order chi connectivity index (χ0) is 14.4. The van der Waals surface area contributed by atoms with Gasteiger partial charge in [0.15, 0.2) is 0 Å². The van der Waals surface area contributed by atoms with Crippen molar-refractivity contribution in [2.75, 3.05) is 5.32 Å². The van der Waals surface area contributed by atoms with Crippen molar-refractivity contribution in [2.45, 2.75) is 6.17 Å². The van der Waals surface area contributed by atoms with Crippen LogP contribution in [0.5, 0.6) is 0 Å². The largest absolute Gasteiger partial charge is 0.360 e. The molecular weight excluding hydrogens is 304 g/mol. The molecule has 0 saturated heterocycles. The van der Waals surface area contributed by atoms with Crippen LogP contribution < -0.4 is 10.6 Å². The van der Waals surface area contributed by atoms with E-state index in [0.717, 1.165) is 20.7 Å². The van der Waals surface area contributed by atoms with E-state index < -0.39 is 0 Å². The fraction of sp³-hybridized carbons (Fsp3) is 0.0625. The van der Waals surface area contributed by atoms with Gasteiger partial charge in [-0.05, 0) is 18.2 Å². The monoisotopic (exact) mass is 314 g/mol. The van der Waals surface area contributed by atoms with Crippen molar-refractivity contribution >= 4 is 44.6 Å². The van der Waals surface area contributed by atoms with E-state index >= 15 is 0 Å². The van der Waals surface area contributed by atoms with E-state index in [1.807, 2.05) is 42.5 Å². The maximum atomic E-state index is 12.2. The Kier molecular flexibility index (Phi) is 2.87. The van der Waals surface area contributed by atoms with E-state index in [9.17, 15) is 4.79 Å². The number of carbonyl (C=O) groups excluding carboxylic acids is 1. The van der Waals surface area contributed by atoms with Crippen LogP contribution in [0.1, 0.15) is 21.4 Å². The number of amides is 1. The highest BCUT2D eigenvalue weighted by atomic mass is 35.5. The molecule has 0 aliphatic carbocycles. The predicted octanol–water partition coefficient (Wildman–Crippen LogP) is 4.41. The fourth-order valence-electron chi connectivity index (χ4n) is 2.56. The van der Waals surface area contributed by atoms with E-state index in [-0.39, 0.29) is 12.1 Å². The van der Waals surface area contributed by atoms with Crippen LogP contribution in [0.2, 0.25) is 5.02 Å². The zero-order valence-electron chi connectivity index (χ0n) is 10.9. The number of para-hydroxylation sites is 1. The summed E-state index contributed by atoms with van der Waals surface area (Å²) in [5, 5.41) is 8.03. The van der Waals surface area contributed by atoms with E-state index in [4.69, 9.17) is 11.6 Å². The summed E-state index contributed by atoms with van der Waals surface area (Å²) >= 11 is 8.08. The van der Waals surface area contributed by atoms with Crippen molar-refractivity contribution in [3.8, 4) is 0 Å². The summed E-state index contributed by atoms with van der Waals surface area (Å²) in [6, 6.07) is 15.5. The lowest BCUT2D eigenvalue weighted by atomic mass is 10.1. The maximum absolute atomic E-state index is 12.2. The first kappa shape index (κ1) is 12.7. The summed E-state index contributed by atoms with van der Waals surface area (Å²) in [4.78, 5) is 13.1. The molecule has 1 amide bonds. The van der Waals surface area contributed by atoms with Crippen molar-refractivity contribution in [3.05, 3.63) is 64.0 Å². The molecule has 1 aliphatic rings. The Morgan fingerprint density at radius 1 is 1.00 bits per heavy atom. The summed E-state index contributed by atoms with van der Waals surface area (Å²) in [5.41, 5.74) is 1.49. The molecule has 3 nitrogen and oxygen atoms in total. The molecule has 4 rings (SSSR count). The van der Waals surface area contributed by atoms with Crippen molar-refractivity contribution < 1.29 is 4.79 Å². The molecule has 0 fully saturated rings. The zero-order valence-corrected chi connectivity index (χ0v) is 12.5. The number of fused-ring (bicyclic) bond motifs is 2. The van der Waals surface area contributed by atoms with Crippen LogP contribution in [0.4, 0.5) is 5.69 Å². The van der Waals surface area contributed by atoms with Crippen LogP contribution in [-0.2, 0) is 0 Å². The quantitative estimate of drug-likeness (QED) is 0.698. The lowest BCUT2D eigenvalue weighted by Crippen LogP contribution is -2.38. The molecule has 1 atom stereocenters. The van der Waals surface area contributed by atoms with Crippen LogP contribution >= 0.6 is 22.9 Å². The van der Waals surface area contributed by atoms with Gasteiger partial charge in [0.2, 0.25) is 0 Å². The third-order valence-corrected chi connectivity index (χ3v) is 5.32. The Morgan fingerprint density at radius 2 is 1.76 bits per heavy atom. The topological polar surface area (TPSA) is 41.1 Å². The first-order valence-electron chi connectivity index (χ1n) is 6.57. The SMILES string of the molecule is O=C1NC(c2sc3ccccc3c2Cl)Nc2ccccc21. The normalized spacial score (nSPS) is 17.2. The molecule has 21 heavy (non-hydrogen) atoms. The number of benzene rings is 2. The lowest BCUT2D eigenvalue weighted by Gasteiger charge is -2.27. The van der Waals surface area contributed by atoms with Crippen molar-refractivity contribution in [1.82, 2.24) is 5.32 Å². The van der Waals surface area contributed by atoms with Crippen LogP contribution in [0, 0.1) is 0 Å². The molecule has 1 aliphatic heterocycles. The molecule has 3 aromatic rings. The van der Waals surface area contributed by atoms with Gasteiger partial charge >= 0.3 is 0 Å². The highest BCUT2D eigenvalue weighted by Gasteiger charge is 2.27.